The van der Waals surface area contributed by atoms with Gasteiger partial charge in [-0.15, -0.1) is 11.8 Å². The van der Waals surface area contributed by atoms with Gasteiger partial charge in [-0.3, -0.25) is 4.79 Å². The van der Waals surface area contributed by atoms with Gasteiger partial charge in [0.2, 0.25) is 5.91 Å². The Kier molecular flexibility index (Phi) is 6.75. The van der Waals surface area contributed by atoms with Crippen LogP contribution in [0.5, 0.6) is 0 Å². The Bertz CT molecular complexity index is 468. The summed E-state index contributed by atoms with van der Waals surface area (Å²) in [6.07, 6.45) is 1.07. The second kappa shape index (κ2) is 8.08. The minimum absolute atomic E-state index is 0.203. The third-order valence-electron chi connectivity index (χ3n) is 2.98. The Balaban J connectivity index is 2.32. The fraction of sp³-hybridized carbons (Fsp3) is 0.500. The van der Waals surface area contributed by atoms with Gasteiger partial charge in [-0.05, 0) is 29.7 Å². The number of carboxylic acids is 1. The SMILES string of the molecule is CC(C)(C)[C@@H](NC(=O)CCCSc1ccccc1)C(=O)O. The minimum Gasteiger partial charge on any atom is -0.480 e. The number of amides is 1. The molecular weight excluding hydrogens is 286 g/mol. The zero-order chi connectivity index (χ0) is 15.9. The lowest BCUT2D eigenvalue weighted by Gasteiger charge is -2.27. The first-order valence-corrected chi connectivity index (χ1v) is 7.99. The topological polar surface area (TPSA) is 66.4 Å². The number of aliphatic carboxylic acids is 1. The van der Waals surface area contributed by atoms with Crippen molar-refractivity contribution in [1.82, 2.24) is 5.32 Å². The van der Waals surface area contributed by atoms with Gasteiger partial charge in [0.05, 0.1) is 0 Å². The molecule has 0 bridgehead atoms. The van der Waals surface area contributed by atoms with Crippen molar-refractivity contribution < 1.29 is 14.7 Å². The Morgan fingerprint density at radius 2 is 1.86 bits per heavy atom. The molecule has 116 valence electrons. The lowest BCUT2D eigenvalue weighted by Crippen LogP contribution is -2.49. The predicted octanol–water partition coefficient (Wildman–Crippen LogP) is 3.17. The number of carboxylic acid groups (broad SMARTS) is 1. The van der Waals surface area contributed by atoms with Crippen molar-refractivity contribution in [3.8, 4) is 0 Å². The van der Waals surface area contributed by atoms with E-state index in [4.69, 9.17) is 5.11 Å². The van der Waals surface area contributed by atoms with E-state index >= 15 is 0 Å². The van der Waals surface area contributed by atoms with Crippen LogP contribution in [0.1, 0.15) is 33.6 Å². The summed E-state index contributed by atoms with van der Waals surface area (Å²) < 4.78 is 0. The van der Waals surface area contributed by atoms with Gasteiger partial charge in [-0.1, -0.05) is 39.0 Å². The molecule has 0 aliphatic carbocycles. The zero-order valence-electron chi connectivity index (χ0n) is 12.8. The maximum Gasteiger partial charge on any atom is 0.326 e. The number of thioether (sulfide) groups is 1. The Morgan fingerprint density at radius 1 is 1.24 bits per heavy atom. The van der Waals surface area contributed by atoms with Crippen LogP contribution in [0.2, 0.25) is 0 Å². The van der Waals surface area contributed by atoms with Crippen molar-refractivity contribution >= 4 is 23.6 Å². The van der Waals surface area contributed by atoms with Gasteiger partial charge >= 0.3 is 5.97 Å². The van der Waals surface area contributed by atoms with E-state index in [9.17, 15) is 9.59 Å². The lowest BCUT2D eigenvalue weighted by atomic mass is 9.86. The molecular formula is C16H23NO3S. The van der Waals surface area contributed by atoms with E-state index in [1.165, 1.54) is 4.90 Å². The van der Waals surface area contributed by atoms with E-state index < -0.39 is 17.4 Å². The van der Waals surface area contributed by atoms with Crippen LogP contribution < -0.4 is 5.32 Å². The fourth-order valence-electron chi connectivity index (χ4n) is 1.82. The first-order chi connectivity index (χ1) is 9.80. The molecule has 4 nitrogen and oxygen atoms in total. The number of carbonyl (C=O) groups excluding carboxylic acids is 1. The molecule has 1 aromatic carbocycles. The molecule has 0 saturated heterocycles. The number of hydrogen-bond donors (Lipinski definition) is 2. The third-order valence-corrected chi connectivity index (χ3v) is 4.08. The molecule has 0 aliphatic rings. The van der Waals surface area contributed by atoms with Crippen LogP contribution in [0.25, 0.3) is 0 Å². The van der Waals surface area contributed by atoms with Gasteiger partial charge in [-0.2, -0.15) is 0 Å². The maximum atomic E-state index is 11.8. The number of nitrogens with one attached hydrogen (secondary N) is 1. The lowest BCUT2D eigenvalue weighted by molar-refractivity contribution is -0.144. The highest BCUT2D eigenvalue weighted by atomic mass is 32.2. The zero-order valence-corrected chi connectivity index (χ0v) is 13.6. The second-order valence-electron chi connectivity index (χ2n) is 5.97. The molecule has 0 aromatic heterocycles. The van der Waals surface area contributed by atoms with Crippen molar-refractivity contribution in [2.45, 2.75) is 44.6 Å². The summed E-state index contributed by atoms with van der Waals surface area (Å²) in [5, 5.41) is 11.8. The average molecular weight is 309 g/mol. The van der Waals surface area contributed by atoms with Crippen LogP contribution in [0.15, 0.2) is 35.2 Å². The summed E-state index contributed by atoms with van der Waals surface area (Å²) in [4.78, 5) is 24.2. The molecule has 0 spiro atoms. The van der Waals surface area contributed by atoms with Crippen molar-refractivity contribution in [2.75, 3.05) is 5.75 Å². The van der Waals surface area contributed by atoms with Gasteiger partial charge in [0.1, 0.15) is 6.04 Å². The highest BCUT2D eigenvalue weighted by Gasteiger charge is 2.32. The first kappa shape index (κ1) is 17.6. The molecule has 2 N–H and O–H groups in total. The number of hydrogen-bond acceptors (Lipinski definition) is 3. The van der Waals surface area contributed by atoms with E-state index in [0.717, 1.165) is 12.2 Å². The van der Waals surface area contributed by atoms with Gasteiger partial charge in [0.15, 0.2) is 0 Å². The monoisotopic (exact) mass is 309 g/mol. The Morgan fingerprint density at radius 3 is 2.38 bits per heavy atom. The average Bonchev–Trinajstić information content (AvgIpc) is 2.40. The molecule has 5 heteroatoms. The van der Waals surface area contributed by atoms with Crippen molar-refractivity contribution in [2.24, 2.45) is 5.41 Å². The molecule has 1 rings (SSSR count). The number of carbonyl (C=O) groups is 2. The normalized spacial score (nSPS) is 12.7. The van der Waals surface area contributed by atoms with E-state index in [-0.39, 0.29) is 5.91 Å². The molecule has 0 radical (unpaired) electrons. The van der Waals surface area contributed by atoms with Crippen LogP contribution in [-0.4, -0.2) is 28.8 Å². The quantitative estimate of drug-likeness (QED) is 0.600. The molecule has 0 fully saturated rings. The standard InChI is InChI=1S/C16H23NO3S/c1-16(2,3)14(15(19)20)17-13(18)10-7-11-21-12-8-5-4-6-9-12/h4-6,8-9,14H,7,10-11H2,1-3H3,(H,17,18)(H,19,20)/t14-/m0/s1. The molecule has 0 heterocycles. The van der Waals surface area contributed by atoms with E-state index in [0.29, 0.717) is 6.42 Å². The van der Waals surface area contributed by atoms with E-state index in [2.05, 4.69) is 5.32 Å². The van der Waals surface area contributed by atoms with E-state index in [1.807, 2.05) is 30.3 Å². The molecule has 0 saturated carbocycles. The molecule has 21 heavy (non-hydrogen) atoms. The summed E-state index contributed by atoms with van der Waals surface area (Å²) in [6.45, 7) is 5.41. The number of rotatable bonds is 7. The van der Waals surface area contributed by atoms with Crippen LogP contribution in [0.3, 0.4) is 0 Å². The largest absolute Gasteiger partial charge is 0.480 e. The first-order valence-electron chi connectivity index (χ1n) is 7.00. The summed E-state index contributed by atoms with van der Waals surface area (Å²) in [7, 11) is 0. The maximum absolute atomic E-state index is 11.8. The van der Waals surface area contributed by atoms with Crippen molar-refractivity contribution in [3.05, 3.63) is 30.3 Å². The highest BCUT2D eigenvalue weighted by molar-refractivity contribution is 7.99. The van der Waals surface area contributed by atoms with Crippen molar-refractivity contribution in [1.29, 1.82) is 0 Å². The predicted molar refractivity (Wildman–Crippen MR) is 85.4 cm³/mol. The van der Waals surface area contributed by atoms with Gasteiger partial charge in [-0.25, -0.2) is 4.79 Å². The van der Waals surface area contributed by atoms with Gasteiger partial charge < -0.3 is 10.4 Å². The minimum atomic E-state index is -0.991. The number of benzene rings is 1. The van der Waals surface area contributed by atoms with Crippen LogP contribution in [-0.2, 0) is 9.59 Å². The van der Waals surface area contributed by atoms with Gasteiger partial charge in [0, 0.05) is 11.3 Å². The summed E-state index contributed by atoms with van der Waals surface area (Å²) in [5.74, 6) is -0.356. The van der Waals surface area contributed by atoms with E-state index in [1.54, 1.807) is 32.5 Å². The summed E-state index contributed by atoms with van der Waals surface area (Å²) in [5.41, 5.74) is -0.500. The Hall–Kier alpha value is -1.49. The molecule has 1 amide bonds. The Labute approximate surface area is 130 Å². The fourth-order valence-corrected chi connectivity index (χ4v) is 2.70. The van der Waals surface area contributed by atoms with Crippen LogP contribution in [0, 0.1) is 5.41 Å². The molecule has 1 atom stereocenters. The molecule has 0 unspecified atom stereocenters. The van der Waals surface area contributed by atoms with Gasteiger partial charge in [0.25, 0.3) is 0 Å². The van der Waals surface area contributed by atoms with Crippen molar-refractivity contribution in [3.63, 3.8) is 0 Å². The van der Waals surface area contributed by atoms with Crippen LogP contribution in [0.4, 0.5) is 0 Å². The smallest absolute Gasteiger partial charge is 0.326 e. The summed E-state index contributed by atoms with van der Waals surface area (Å²) in [6, 6.07) is 9.14. The highest BCUT2D eigenvalue weighted by Crippen LogP contribution is 2.20. The third kappa shape index (κ3) is 6.67. The van der Waals surface area contributed by atoms with Crippen LogP contribution >= 0.6 is 11.8 Å². The summed E-state index contributed by atoms with van der Waals surface area (Å²) >= 11 is 1.70. The molecule has 0 aliphatic heterocycles. The molecule has 1 aromatic rings. The second-order valence-corrected chi connectivity index (χ2v) is 7.14.